The fourth-order valence-electron chi connectivity index (χ4n) is 4.12. The van der Waals surface area contributed by atoms with E-state index < -0.39 is 18.0 Å². The molecule has 0 heterocycles. The Morgan fingerprint density at radius 2 is 1.53 bits per heavy atom. The quantitative estimate of drug-likeness (QED) is 0.104. The largest absolute Gasteiger partial charge is 0.463 e. The van der Waals surface area contributed by atoms with Gasteiger partial charge in [0.1, 0.15) is 5.75 Å². The van der Waals surface area contributed by atoms with E-state index in [4.69, 9.17) is 9.47 Å². The molecule has 3 rings (SSSR count). The molecule has 1 N–H and O–H groups in total. The first kappa shape index (κ1) is 28.9. The molecule has 5 nitrogen and oxygen atoms in total. The molecule has 0 saturated carbocycles. The van der Waals surface area contributed by atoms with Crippen LogP contribution in [0.1, 0.15) is 73.5 Å². The van der Waals surface area contributed by atoms with E-state index in [0.29, 0.717) is 30.3 Å². The first-order chi connectivity index (χ1) is 18.4. The zero-order valence-corrected chi connectivity index (χ0v) is 22.4. The van der Waals surface area contributed by atoms with Gasteiger partial charge in [-0.1, -0.05) is 81.8 Å². The highest BCUT2D eigenvalue weighted by molar-refractivity contribution is 5.91. The van der Waals surface area contributed by atoms with Crippen LogP contribution >= 0.6 is 0 Å². The fourth-order valence-corrected chi connectivity index (χ4v) is 4.12. The van der Waals surface area contributed by atoms with Gasteiger partial charge in [0.15, 0.2) is 0 Å². The van der Waals surface area contributed by atoms with Crippen LogP contribution in [0.5, 0.6) is 5.75 Å². The summed E-state index contributed by atoms with van der Waals surface area (Å²) in [6, 6.07) is 23.0. The van der Waals surface area contributed by atoms with Crippen molar-refractivity contribution in [3.05, 3.63) is 102 Å². The van der Waals surface area contributed by atoms with E-state index in [-0.39, 0.29) is 0 Å². The molecular weight excluding hydrogens is 476 g/mol. The zero-order valence-electron chi connectivity index (χ0n) is 22.4. The molecule has 0 saturated heterocycles. The van der Waals surface area contributed by atoms with Crippen molar-refractivity contribution < 1.29 is 24.2 Å². The van der Waals surface area contributed by atoms with Gasteiger partial charge in [-0.15, -0.1) is 0 Å². The summed E-state index contributed by atoms with van der Waals surface area (Å²) in [4.78, 5) is 23.6. The number of benzene rings is 3. The summed E-state index contributed by atoms with van der Waals surface area (Å²) in [5, 5.41) is 10.4. The van der Waals surface area contributed by atoms with Gasteiger partial charge < -0.3 is 14.6 Å². The van der Waals surface area contributed by atoms with Crippen molar-refractivity contribution in [1.29, 1.82) is 0 Å². The van der Waals surface area contributed by atoms with Crippen molar-refractivity contribution in [2.24, 2.45) is 5.92 Å². The van der Waals surface area contributed by atoms with Crippen molar-refractivity contribution in [3.63, 3.8) is 0 Å². The number of hydrogen-bond acceptors (Lipinski definition) is 5. The second-order valence-corrected chi connectivity index (χ2v) is 9.69. The van der Waals surface area contributed by atoms with Crippen LogP contribution in [-0.2, 0) is 16.0 Å². The number of aliphatic hydroxyl groups is 1. The molecule has 0 amide bonds. The molecule has 0 fully saturated rings. The molecule has 5 heteroatoms. The Morgan fingerprint density at radius 1 is 0.895 bits per heavy atom. The van der Waals surface area contributed by atoms with Gasteiger partial charge in [-0.2, -0.15) is 0 Å². The maximum absolute atomic E-state index is 12.6. The first-order valence-corrected chi connectivity index (χ1v) is 13.4. The Kier molecular flexibility index (Phi) is 11.3. The van der Waals surface area contributed by atoms with E-state index in [1.807, 2.05) is 12.1 Å². The third-order valence-corrected chi connectivity index (χ3v) is 6.70. The molecule has 38 heavy (non-hydrogen) atoms. The molecule has 0 spiro atoms. The Balaban J connectivity index is 1.47. The summed E-state index contributed by atoms with van der Waals surface area (Å²) < 4.78 is 10.5. The van der Waals surface area contributed by atoms with Gasteiger partial charge in [-0.25, -0.2) is 9.59 Å². The number of hydrogen-bond donors (Lipinski definition) is 1. The van der Waals surface area contributed by atoms with E-state index in [0.717, 1.165) is 48.4 Å². The number of rotatable bonds is 14. The minimum absolute atomic E-state index is 0.353. The van der Waals surface area contributed by atoms with Gasteiger partial charge >= 0.3 is 11.9 Å². The summed E-state index contributed by atoms with van der Waals surface area (Å²) >= 11 is 0. The number of unbranched alkanes of at least 4 members (excludes halogenated alkanes) is 2. The molecule has 0 aliphatic rings. The van der Waals surface area contributed by atoms with Crippen LogP contribution in [0.3, 0.4) is 0 Å². The normalized spacial score (nSPS) is 12.4. The topological polar surface area (TPSA) is 72.8 Å². The highest BCUT2D eigenvalue weighted by Crippen LogP contribution is 2.25. The summed E-state index contributed by atoms with van der Waals surface area (Å²) in [6.45, 7) is 8.19. The van der Waals surface area contributed by atoms with Crippen molar-refractivity contribution in [1.82, 2.24) is 0 Å². The number of carbonyl (C=O) groups is 2. The number of aliphatic hydroxyl groups excluding tert-OH is 1. The average Bonchev–Trinajstić information content (AvgIpc) is 2.95. The second-order valence-electron chi connectivity index (χ2n) is 9.69. The Bertz CT molecular complexity index is 1160. The Morgan fingerprint density at radius 3 is 2.13 bits per heavy atom. The average molecular weight is 515 g/mol. The molecule has 0 bridgehead atoms. The summed E-state index contributed by atoms with van der Waals surface area (Å²) in [6.07, 6.45) is 5.76. The Labute approximate surface area is 226 Å². The van der Waals surface area contributed by atoms with Gasteiger partial charge in [0.25, 0.3) is 0 Å². The van der Waals surface area contributed by atoms with Crippen LogP contribution in [0.2, 0.25) is 0 Å². The lowest BCUT2D eigenvalue weighted by Gasteiger charge is -2.12. The zero-order chi connectivity index (χ0) is 27.3. The van der Waals surface area contributed by atoms with Crippen molar-refractivity contribution in [3.8, 4) is 16.9 Å². The lowest BCUT2D eigenvalue weighted by Crippen LogP contribution is -2.09. The summed E-state index contributed by atoms with van der Waals surface area (Å²) in [7, 11) is 0. The summed E-state index contributed by atoms with van der Waals surface area (Å²) in [5.74, 6) is 0.297. The predicted octanol–water partition coefficient (Wildman–Crippen LogP) is 7.48. The molecule has 200 valence electrons. The molecule has 2 unspecified atom stereocenters. The molecule has 0 aromatic heterocycles. The Hall–Kier alpha value is -3.70. The van der Waals surface area contributed by atoms with Crippen LogP contribution in [0.4, 0.5) is 0 Å². The second kappa shape index (κ2) is 14.9. The van der Waals surface area contributed by atoms with Crippen LogP contribution in [0.25, 0.3) is 11.1 Å². The molecule has 0 radical (unpaired) electrons. The molecular formula is C33H38O5. The number of esters is 2. The highest BCUT2D eigenvalue weighted by atomic mass is 16.5. The smallest absolute Gasteiger partial charge is 0.343 e. The third-order valence-electron chi connectivity index (χ3n) is 6.70. The predicted molar refractivity (Wildman–Crippen MR) is 151 cm³/mol. The van der Waals surface area contributed by atoms with Gasteiger partial charge in [-0.3, -0.25) is 0 Å². The minimum Gasteiger partial charge on any atom is -0.463 e. The van der Waals surface area contributed by atoms with E-state index >= 15 is 0 Å². The maximum atomic E-state index is 12.6. The highest BCUT2D eigenvalue weighted by Gasteiger charge is 2.12. The lowest BCUT2D eigenvalue weighted by atomic mass is 9.97. The van der Waals surface area contributed by atoms with Crippen LogP contribution < -0.4 is 4.74 Å². The van der Waals surface area contributed by atoms with Crippen LogP contribution in [0.15, 0.2) is 85.5 Å². The van der Waals surface area contributed by atoms with Gasteiger partial charge in [-0.05, 0) is 78.1 Å². The molecule has 0 aliphatic carbocycles. The van der Waals surface area contributed by atoms with Gasteiger partial charge in [0, 0.05) is 6.08 Å². The van der Waals surface area contributed by atoms with E-state index in [1.54, 1.807) is 36.4 Å². The molecule has 3 aromatic carbocycles. The molecule has 3 aromatic rings. The van der Waals surface area contributed by atoms with Crippen molar-refractivity contribution in [2.75, 3.05) is 6.61 Å². The standard InChI is InChI=1S/C33H38O5/c1-4-24(3)23-25-10-12-26(13-11-25)27-18-20-30(21-19-27)38-33(36)29-16-14-28(15-17-29)31(34)9-7-6-8-22-37-32(35)5-2/h5,10-21,24,31,34H,2,4,6-9,22-23H2,1,3H3. The van der Waals surface area contributed by atoms with E-state index in [1.165, 1.54) is 12.0 Å². The van der Waals surface area contributed by atoms with Crippen LogP contribution in [0, 0.1) is 5.92 Å². The van der Waals surface area contributed by atoms with Crippen molar-refractivity contribution >= 4 is 11.9 Å². The number of ether oxygens (including phenoxy) is 2. The van der Waals surface area contributed by atoms with E-state index in [2.05, 4.69) is 44.7 Å². The molecule has 0 aliphatic heterocycles. The van der Waals surface area contributed by atoms with Crippen molar-refractivity contribution in [2.45, 2.75) is 58.5 Å². The summed E-state index contributed by atoms with van der Waals surface area (Å²) in [5.41, 5.74) is 4.71. The maximum Gasteiger partial charge on any atom is 0.343 e. The lowest BCUT2D eigenvalue weighted by molar-refractivity contribution is -0.137. The minimum atomic E-state index is -0.618. The fraction of sp³-hybridized carbons (Fsp3) is 0.333. The third kappa shape index (κ3) is 9.00. The van der Waals surface area contributed by atoms with Gasteiger partial charge in [0.2, 0.25) is 0 Å². The van der Waals surface area contributed by atoms with Crippen LogP contribution in [-0.4, -0.2) is 23.7 Å². The SMILES string of the molecule is C=CC(=O)OCCCCCC(O)c1ccc(C(=O)Oc2ccc(-c3ccc(CC(C)CC)cc3)cc2)cc1. The number of carbonyl (C=O) groups excluding carboxylic acids is 2. The first-order valence-electron chi connectivity index (χ1n) is 13.4. The molecule has 2 atom stereocenters. The van der Waals surface area contributed by atoms with E-state index in [9.17, 15) is 14.7 Å². The monoisotopic (exact) mass is 514 g/mol. The van der Waals surface area contributed by atoms with Gasteiger partial charge in [0.05, 0.1) is 18.3 Å².